The predicted molar refractivity (Wildman–Crippen MR) is 245 cm³/mol. The number of nitrogens with one attached hydrogen (secondary N) is 2. The summed E-state index contributed by atoms with van der Waals surface area (Å²) in [6, 6.07) is 28.7. The van der Waals surface area contributed by atoms with E-state index >= 15 is 0 Å². The van der Waals surface area contributed by atoms with Crippen LogP contribution in [-0.2, 0) is 57.5 Å². The van der Waals surface area contributed by atoms with Crippen LogP contribution in [0, 0.1) is 0 Å². The van der Waals surface area contributed by atoms with E-state index in [2.05, 4.69) is 9.97 Å². The molecule has 0 saturated heterocycles. The van der Waals surface area contributed by atoms with Gasteiger partial charge in [-0.2, -0.15) is 25.3 Å². The minimum atomic E-state index is -4.80. The minimum absolute atomic E-state index is 0. The molecule has 9 rings (SSSR count). The van der Waals surface area contributed by atoms with Crippen molar-refractivity contribution >= 4 is 99.3 Å². The molecule has 4 aromatic carbocycles. The van der Waals surface area contributed by atoms with Crippen LogP contribution < -0.4 is 0 Å². The molecule has 7 aromatic rings. The Kier molecular flexibility index (Phi) is 12.8. The number of aromatic amines is 2. The van der Waals surface area contributed by atoms with E-state index in [0.717, 1.165) is 0 Å². The monoisotopic (exact) mass is 1020 g/mol. The van der Waals surface area contributed by atoms with Crippen LogP contribution >= 0.6 is 12.4 Å². The maximum atomic E-state index is 12.0. The minimum Gasteiger partial charge on any atom is -0.744 e. The molecule has 0 saturated carbocycles. The normalized spacial score (nSPS) is 12.7. The maximum Gasteiger partial charge on any atom is 0.294 e. The molecule has 66 heavy (non-hydrogen) atoms. The van der Waals surface area contributed by atoms with Crippen molar-refractivity contribution in [2.75, 3.05) is 0 Å². The molecule has 22 heteroatoms. The smallest absolute Gasteiger partial charge is 0.294 e. The Morgan fingerprint density at radius 3 is 0.773 bits per heavy atom. The van der Waals surface area contributed by atoms with Crippen LogP contribution in [0.1, 0.15) is 22.8 Å². The Morgan fingerprint density at radius 1 is 0.364 bits per heavy atom. The second-order valence-corrected chi connectivity index (χ2v) is 20.1. The Hall–Kier alpha value is -6.07. The van der Waals surface area contributed by atoms with E-state index in [-0.39, 0.29) is 44.2 Å². The van der Waals surface area contributed by atoms with Crippen LogP contribution in [0.25, 0.3) is 90.9 Å². The molecule has 5 heterocycles. The molecule has 8 bridgehead atoms. The fourth-order valence-electron chi connectivity index (χ4n) is 7.59. The Labute approximate surface area is 393 Å². The number of benzene rings is 4. The van der Waals surface area contributed by atoms with Gasteiger partial charge in [0.15, 0.2) is 0 Å². The van der Waals surface area contributed by atoms with E-state index in [0.29, 0.717) is 89.4 Å². The molecular formula is C44H30ClFeN4O12S4-. The fraction of sp³-hybridized carbons (Fsp3) is 0. The van der Waals surface area contributed by atoms with Crippen molar-refractivity contribution in [2.24, 2.45) is 0 Å². The molecule has 0 spiro atoms. The number of H-pyrrole nitrogens is 2. The number of fused-ring (bicyclic) bond motifs is 8. The zero-order valence-electron chi connectivity index (χ0n) is 33.2. The van der Waals surface area contributed by atoms with E-state index in [1.54, 1.807) is 48.6 Å². The van der Waals surface area contributed by atoms with Gasteiger partial charge < -0.3 is 14.5 Å². The van der Waals surface area contributed by atoms with Gasteiger partial charge in [-0.1, -0.05) is 48.5 Å². The van der Waals surface area contributed by atoms with E-state index in [1.807, 2.05) is 0 Å². The standard InChI is InChI=1S/C44H30N4O12S4.ClH.Fe/c49-61(50,51)29-9-1-25(2-10-29)41-33-17-19-35(45-33)42(26-3-11-30(12-4-26)62(52,53)54)37-21-23-39(47-37)44(28-7-15-32(16-8-28)64(58,59)60)40-24-22-38(48-40)43(36-20-18-34(41)46-36)27-5-13-31(14-6-27)63(55,56)57;;/h1-24,45,48H,(H,49,50,51)(H,52,53,54)(H,55,56,57)(H,58,59,60);1H;/p-1. The second-order valence-electron chi connectivity index (χ2n) is 14.5. The molecule has 5 N–H and O–H groups in total. The molecule has 0 radical (unpaired) electrons. The van der Waals surface area contributed by atoms with Crippen LogP contribution in [0.4, 0.5) is 0 Å². The quantitative estimate of drug-likeness (QED) is 0.0706. The first kappa shape index (κ1) is 47.9. The Morgan fingerprint density at radius 2 is 0.576 bits per heavy atom. The molecule has 0 amide bonds. The van der Waals surface area contributed by atoms with Gasteiger partial charge >= 0.3 is 0 Å². The van der Waals surface area contributed by atoms with Gasteiger partial charge in [-0.3, -0.25) is 13.7 Å². The summed E-state index contributed by atoms with van der Waals surface area (Å²) in [5.41, 5.74) is 7.25. The average Bonchev–Trinajstić information content (AvgIpc) is 4.08. The summed E-state index contributed by atoms with van der Waals surface area (Å²) in [6.45, 7) is 0. The number of halogens is 1. The van der Waals surface area contributed by atoms with Gasteiger partial charge in [0, 0.05) is 61.4 Å². The summed E-state index contributed by atoms with van der Waals surface area (Å²) in [7, 11) is -18.4. The van der Waals surface area contributed by atoms with Crippen molar-refractivity contribution in [1.82, 2.24) is 19.9 Å². The van der Waals surface area contributed by atoms with Crippen molar-refractivity contribution in [2.45, 2.75) is 19.6 Å². The average molecular weight is 1030 g/mol. The van der Waals surface area contributed by atoms with Crippen molar-refractivity contribution in [3.05, 3.63) is 144 Å². The van der Waals surface area contributed by atoms with Gasteiger partial charge in [0.25, 0.3) is 30.4 Å². The zero-order valence-corrected chi connectivity index (χ0v) is 38.3. The molecular weight excluding hydrogens is 996 g/mol. The number of hydrogen-bond acceptors (Lipinski definition) is 11. The maximum absolute atomic E-state index is 12.0. The third kappa shape index (κ3) is 9.32. The zero-order chi connectivity index (χ0) is 45.3. The van der Waals surface area contributed by atoms with Gasteiger partial charge in [-0.25, -0.2) is 18.4 Å². The summed E-state index contributed by atoms with van der Waals surface area (Å²) in [5.74, 6) is 0. The van der Waals surface area contributed by atoms with E-state index in [4.69, 9.17) is 9.97 Å². The van der Waals surface area contributed by atoms with E-state index in [9.17, 15) is 51.9 Å². The van der Waals surface area contributed by atoms with Crippen LogP contribution in [0.3, 0.4) is 0 Å². The molecule has 0 atom stereocenters. The molecule has 2 aliphatic rings. The van der Waals surface area contributed by atoms with Gasteiger partial charge in [0.05, 0.1) is 42.4 Å². The topological polar surface area (TPSA) is 278 Å². The Balaban J connectivity index is 0.00000324. The van der Waals surface area contributed by atoms with Gasteiger partial charge in [-0.05, 0) is 119 Å². The molecule has 0 fully saturated rings. The number of nitrogens with zero attached hydrogens (tertiary/aromatic N) is 2. The number of hydrogen-bond donors (Lipinski definition) is 5. The fourth-order valence-corrected chi connectivity index (χ4v) is 9.50. The summed E-state index contributed by atoms with van der Waals surface area (Å²) in [5, 5.41) is 0. The molecule has 3 aromatic heterocycles. The summed E-state index contributed by atoms with van der Waals surface area (Å²) in [6.07, 6.45) is 6.89. The largest absolute Gasteiger partial charge is 0.744 e. The summed E-state index contributed by atoms with van der Waals surface area (Å²) in [4.78, 5) is 15.5. The summed E-state index contributed by atoms with van der Waals surface area (Å²) >= 11 is 0. The van der Waals surface area contributed by atoms with Crippen molar-refractivity contribution in [3.8, 4) is 44.5 Å². The van der Waals surface area contributed by atoms with Gasteiger partial charge in [0.2, 0.25) is 0 Å². The van der Waals surface area contributed by atoms with Crippen LogP contribution in [0.2, 0.25) is 0 Å². The van der Waals surface area contributed by atoms with Crippen LogP contribution in [0.15, 0.2) is 141 Å². The third-order valence-corrected chi connectivity index (χ3v) is 14.0. The molecule has 2 aliphatic heterocycles. The van der Waals surface area contributed by atoms with Crippen molar-refractivity contribution < 1.29 is 69.0 Å². The predicted octanol–water partition coefficient (Wildman–Crippen LogP) is 8.39. The third-order valence-electron chi connectivity index (χ3n) is 10.5. The van der Waals surface area contributed by atoms with Gasteiger partial charge in [-0.15, -0.1) is 12.4 Å². The van der Waals surface area contributed by atoms with Crippen molar-refractivity contribution in [3.63, 3.8) is 0 Å². The number of rotatable bonds is 8. The first-order chi connectivity index (χ1) is 30.2. The Bertz CT molecular complexity index is 3310. The first-order valence-corrected chi connectivity index (χ1v) is 24.4. The first-order valence-electron chi connectivity index (χ1n) is 18.7. The number of aromatic nitrogens is 4. The van der Waals surface area contributed by atoms with Crippen molar-refractivity contribution in [1.29, 1.82) is 0 Å². The SMILES string of the molecule is Cl.O=S(=O)([O-])c1ccc(-c2c3nc(c(-c4ccc(S(=O)(=O)O)cc4)c4ccc([nH]4)c(-c4ccc(S(=O)(=O)O)cc4)c4nc(c(-c5ccc(S(=O)(=O)O)cc5)c5ccc2[nH]5)C=C4)C=C3)cc1.[Fe]. The molecule has 338 valence electrons. The molecule has 0 aliphatic carbocycles. The molecule has 0 unspecified atom stereocenters. The molecule has 16 nitrogen and oxygen atoms in total. The van der Waals surface area contributed by atoms with Crippen LogP contribution in [0.5, 0.6) is 0 Å². The van der Waals surface area contributed by atoms with Crippen LogP contribution in [-0.4, -0.2) is 71.8 Å². The van der Waals surface area contributed by atoms with E-state index < -0.39 is 45.4 Å². The summed E-state index contributed by atoms with van der Waals surface area (Å²) < 4.78 is 137. The second kappa shape index (κ2) is 17.6. The van der Waals surface area contributed by atoms with E-state index in [1.165, 1.54) is 97.1 Å². The van der Waals surface area contributed by atoms with Gasteiger partial charge in [0.1, 0.15) is 10.1 Å².